The Kier molecular flexibility index (Phi) is 3.56. The van der Waals surface area contributed by atoms with Crippen molar-refractivity contribution >= 4 is 11.6 Å². The average Bonchev–Trinajstić information content (AvgIpc) is 2.30. The van der Waals surface area contributed by atoms with Gasteiger partial charge in [0.1, 0.15) is 17.6 Å². The summed E-state index contributed by atoms with van der Waals surface area (Å²) in [4.78, 5) is 18.6. The number of H-pyrrole nitrogens is 1. The summed E-state index contributed by atoms with van der Waals surface area (Å²) >= 11 is 6.02. The van der Waals surface area contributed by atoms with Crippen LogP contribution in [0.4, 0.5) is 0 Å². The first-order valence-corrected chi connectivity index (χ1v) is 5.43. The van der Waals surface area contributed by atoms with Crippen LogP contribution in [0, 0.1) is 0 Å². The number of aromatic amines is 1. The highest BCUT2D eigenvalue weighted by atomic mass is 35.5. The molecule has 17 heavy (non-hydrogen) atoms. The molecule has 0 aliphatic rings. The Morgan fingerprint density at radius 3 is 2.65 bits per heavy atom. The highest BCUT2D eigenvalue weighted by Gasteiger charge is 2.11. The van der Waals surface area contributed by atoms with E-state index in [1.165, 1.54) is 7.11 Å². The Morgan fingerprint density at radius 2 is 2.06 bits per heavy atom. The fraction of sp³-hybridized carbons (Fsp3) is 0.167. The third-order valence-corrected chi connectivity index (χ3v) is 2.54. The molecule has 0 amide bonds. The summed E-state index contributed by atoms with van der Waals surface area (Å²) in [5.41, 5.74) is 0.866. The van der Waals surface area contributed by atoms with Crippen LogP contribution < -0.4 is 5.56 Å². The predicted molar refractivity (Wildman–Crippen MR) is 66.0 cm³/mol. The third kappa shape index (κ3) is 2.54. The molecule has 0 aliphatic carbocycles. The Balaban J connectivity index is 2.53. The molecule has 2 rings (SSSR count). The highest BCUT2D eigenvalue weighted by Crippen LogP contribution is 2.21. The molecule has 0 saturated heterocycles. The lowest BCUT2D eigenvalue weighted by Crippen LogP contribution is -2.15. The molecule has 0 spiro atoms. The third-order valence-electron chi connectivity index (χ3n) is 2.27. The van der Waals surface area contributed by atoms with Crippen molar-refractivity contribution in [1.82, 2.24) is 9.97 Å². The summed E-state index contributed by atoms with van der Waals surface area (Å²) in [5, 5.41) is 0.187. The van der Waals surface area contributed by atoms with Gasteiger partial charge in [0.2, 0.25) is 0 Å². The second kappa shape index (κ2) is 5.12. The maximum Gasteiger partial charge on any atom is 0.260 e. The first kappa shape index (κ1) is 11.8. The molecule has 5 heteroatoms. The molecule has 0 radical (unpaired) electrons. The number of aromatic nitrogens is 2. The molecule has 88 valence electrons. The van der Waals surface area contributed by atoms with Crippen LogP contribution >= 0.6 is 11.6 Å². The van der Waals surface area contributed by atoms with E-state index in [0.717, 1.165) is 5.56 Å². The van der Waals surface area contributed by atoms with E-state index in [1.807, 2.05) is 30.3 Å². The molecule has 1 aromatic heterocycles. The van der Waals surface area contributed by atoms with Crippen molar-refractivity contribution in [3.05, 3.63) is 51.7 Å². The summed E-state index contributed by atoms with van der Waals surface area (Å²) in [6.45, 7) is 0.226. The number of methoxy groups -OCH3 is 1. The van der Waals surface area contributed by atoms with E-state index in [-0.39, 0.29) is 17.3 Å². The Hall–Kier alpha value is -1.65. The van der Waals surface area contributed by atoms with Crippen LogP contribution in [0.25, 0.3) is 11.1 Å². The van der Waals surface area contributed by atoms with E-state index >= 15 is 0 Å². The van der Waals surface area contributed by atoms with Crippen molar-refractivity contribution in [1.29, 1.82) is 0 Å². The molecule has 1 heterocycles. The molecule has 2 aromatic rings. The van der Waals surface area contributed by atoms with E-state index in [9.17, 15) is 4.79 Å². The molecule has 1 N–H and O–H groups in total. The van der Waals surface area contributed by atoms with Gasteiger partial charge >= 0.3 is 0 Å². The number of rotatable bonds is 3. The first-order valence-electron chi connectivity index (χ1n) is 5.05. The Morgan fingerprint density at radius 1 is 1.35 bits per heavy atom. The molecule has 0 atom stereocenters. The van der Waals surface area contributed by atoms with Crippen molar-refractivity contribution in [2.75, 3.05) is 7.11 Å². The first-order chi connectivity index (χ1) is 8.22. The Bertz CT molecular complexity index is 566. The van der Waals surface area contributed by atoms with Gasteiger partial charge in [-0.25, -0.2) is 4.98 Å². The molecule has 4 nitrogen and oxygen atoms in total. The number of halogens is 1. The van der Waals surface area contributed by atoms with Gasteiger partial charge in [-0.1, -0.05) is 41.9 Å². The van der Waals surface area contributed by atoms with Gasteiger partial charge in [-0.2, -0.15) is 0 Å². The molecule has 0 bridgehead atoms. The van der Waals surface area contributed by atoms with E-state index in [0.29, 0.717) is 11.4 Å². The molecule has 1 aromatic carbocycles. The second-order valence-corrected chi connectivity index (χ2v) is 3.84. The van der Waals surface area contributed by atoms with E-state index in [2.05, 4.69) is 9.97 Å². The van der Waals surface area contributed by atoms with Crippen molar-refractivity contribution in [3.8, 4) is 11.1 Å². The number of ether oxygens (including phenoxy) is 1. The van der Waals surface area contributed by atoms with Crippen LogP contribution in [-0.2, 0) is 11.3 Å². The SMILES string of the molecule is COCc1nc(Cl)c(-c2ccccc2)c(=O)[nH]1. The zero-order chi connectivity index (χ0) is 12.3. The van der Waals surface area contributed by atoms with Gasteiger partial charge in [0.15, 0.2) is 0 Å². The number of benzene rings is 1. The lowest BCUT2D eigenvalue weighted by Gasteiger charge is -2.05. The van der Waals surface area contributed by atoms with Crippen molar-refractivity contribution < 1.29 is 4.74 Å². The largest absolute Gasteiger partial charge is 0.377 e. The van der Waals surface area contributed by atoms with Gasteiger partial charge in [0.25, 0.3) is 5.56 Å². The molecular formula is C12H11ClN2O2. The Labute approximate surface area is 103 Å². The van der Waals surface area contributed by atoms with Crippen molar-refractivity contribution in [3.63, 3.8) is 0 Å². The number of hydrogen-bond acceptors (Lipinski definition) is 3. The van der Waals surface area contributed by atoms with Crippen LogP contribution in [0.3, 0.4) is 0 Å². The minimum absolute atomic E-state index is 0.187. The smallest absolute Gasteiger partial charge is 0.260 e. The van der Waals surface area contributed by atoms with Crippen LogP contribution in [0.2, 0.25) is 5.15 Å². The second-order valence-electron chi connectivity index (χ2n) is 3.48. The summed E-state index contributed by atoms with van der Waals surface area (Å²) in [7, 11) is 1.53. The van der Waals surface area contributed by atoms with Gasteiger partial charge in [-0.05, 0) is 5.56 Å². The maximum atomic E-state index is 11.9. The van der Waals surface area contributed by atoms with E-state index < -0.39 is 0 Å². The number of nitrogens with zero attached hydrogens (tertiary/aromatic N) is 1. The number of hydrogen-bond donors (Lipinski definition) is 1. The molecule has 0 unspecified atom stereocenters. The minimum Gasteiger partial charge on any atom is -0.377 e. The normalized spacial score (nSPS) is 10.5. The quantitative estimate of drug-likeness (QED) is 0.850. The zero-order valence-corrected chi connectivity index (χ0v) is 9.99. The molecule has 0 saturated carbocycles. The summed E-state index contributed by atoms with van der Waals surface area (Å²) < 4.78 is 4.89. The average molecular weight is 251 g/mol. The number of nitrogens with one attached hydrogen (secondary N) is 1. The molecule has 0 aliphatic heterocycles. The summed E-state index contributed by atoms with van der Waals surface area (Å²) in [6.07, 6.45) is 0. The summed E-state index contributed by atoms with van der Waals surface area (Å²) in [6, 6.07) is 9.18. The highest BCUT2D eigenvalue weighted by molar-refractivity contribution is 6.32. The standard InChI is InChI=1S/C12H11ClN2O2/c1-17-7-9-14-11(13)10(12(16)15-9)8-5-3-2-4-6-8/h2-6H,7H2,1H3,(H,14,15,16). The minimum atomic E-state index is -0.261. The van der Waals surface area contributed by atoms with Crippen LogP contribution in [-0.4, -0.2) is 17.1 Å². The van der Waals surface area contributed by atoms with Crippen molar-refractivity contribution in [2.45, 2.75) is 6.61 Å². The van der Waals surface area contributed by atoms with E-state index in [1.54, 1.807) is 0 Å². The fourth-order valence-corrected chi connectivity index (χ4v) is 1.85. The van der Waals surface area contributed by atoms with Gasteiger partial charge in [0, 0.05) is 7.11 Å². The maximum absolute atomic E-state index is 11.9. The monoisotopic (exact) mass is 250 g/mol. The van der Waals surface area contributed by atoms with Crippen LogP contribution in [0.15, 0.2) is 35.1 Å². The fourth-order valence-electron chi connectivity index (χ4n) is 1.55. The predicted octanol–water partition coefficient (Wildman–Crippen LogP) is 2.24. The van der Waals surface area contributed by atoms with Crippen LogP contribution in [0.1, 0.15) is 5.82 Å². The lowest BCUT2D eigenvalue weighted by molar-refractivity contribution is 0.177. The van der Waals surface area contributed by atoms with Gasteiger partial charge < -0.3 is 9.72 Å². The molecular weight excluding hydrogens is 240 g/mol. The topological polar surface area (TPSA) is 55.0 Å². The van der Waals surface area contributed by atoms with Crippen molar-refractivity contribution in [2.24, 2.45) is 0 Å². The lowest BCUT2D eigenvalue weighted by atomic mass is 10.1. The van der Waals surface area contributed by atoms with E-state index in [4.69, 9.17) is 16.3 Å². The van der Waals surface area contributed by atoms with Crippen LogP contribution in [0.5, 0.6) is 0 Å². The zero-order valence-electron chi connectivity index (χ0n) is 9.24. The van der Waals surface area contributed by atoms with Gasteiger partial charge in [-0.15, -0.1) is 0 Å². The van der Waals surface area contributed by atoms with Gasteiger partial charge in [-0.3, -0.25) is 4.79 Å². The summed E-state index contributed by atoms with van der Waals surface area (Å²) in [5.74, 6) is 0.419. The molecule has 0 fully saturated rings. The van der Waals surface area contributed by atoms with Gasteiger partial charge in [0.05, 0.1) is 5.56 Å².